The maximum atomic E-state index is 13.1. The maximum Gasteiger partial charge on any atom is 0.306 e. The number of hydrogen-bond donors (Lipinski definition) is 2. The third-order valence-corrected chi connectivity index (χ3v) is 7.70. The van der Waals surface area contributed by atoms with Crippen LogP contribution in [0.5, 0.6) is 0 Å². The highest BCUT2D eigenvalue weighted by atomic mass is 35.5. The first-order valence-corrected chi connectivity index (χ1v) is 13.6. The first-order valence-electron chi connectivity index (χ1n) is 13.2. The molecule has 0 aliphatic carbocycles. The van der Waals surface area contributed by atoms with Crippen LogP contribution in [0, 0.1) is 5.92 Å². The quantitative estimate of drug-likeness (QED) is 0.220. The summed E-state index contributed by atoms with van der Waals surface area (Å²) in [5.41, 5.74) is 2.50. The summed E-state index contributed by atoms with van der Waals surface area (Å²) in [5.74, 6) is -0.906. The van der Waals surface area contributed by atoms with Gasteiger partial charge in [0.05, 0.1) is 29.6 Å². The van der Waals surface area contributed by atoms with E-state index in [4.69, 9.17) is 31.1 Å². The van der Waals surface area contributed by atoms with Gasteiger partial charge in [0.15, 0.2) is 5.78 Å². The van der Waals surface area contributed by atoms with Crippen LogP contribution in [0.25, 0.3) is 39.1 Å². The number of rotatable bonds is 8. The highest BCUT2D eigenvalue weighted by Gasteiger charge is 2.27. The zero-order chi connectivity index (χ0) is 28.7. The Morgan fingerprint density at radius 1 is 0.976 bits per heavy atom. The maximum absolute atomic E-state index is 13.1. The van der Waals surface area contributed by atoms with Gasteiger partial charge in [0.1, 0.15) is 11.6 Å². The molecule has 4 heterocycles. The molecule has 11 heteroatoms. The van der Waals surface area contributed by atoms with Crippen LogP contribution in [0.2, 0.25) is 5.02 Å². The first kappa shape index (κ1) is 26.5. The molecule has 6 rings (SSSR count). The van der Waals surface area contributed by atoms with Gasteiger partial charge in [0.25, 0.3) is 0 Å². The molecule has 1 saturated heterocycles. The Morgan fingerprint density at radius 2 is 1.78 bits per heavy atom. The monoisotopic (exact) mass is 572 g/mol. The van der Waals surface area contributed by atoms with E-state index in [1.165, 1.54) is 0 Å². The van der Waals surface area contributed by atoms with Crippen LogP contribution in [0.15, 0.2) is 65.4 Å². The van der Waals surface area contributed by atoms with E-state index >= 15 is 0 Å². The standard InChI is InChI=1S/C30H25ClN4O6/c31-19-4-6-24-20(15-19)22(25(36)7-8-27(37)38)16-35(24)30-32-23-5-3-18(26-2-1-13-41-26)14-21(23)28(33-30)34-11-9-17(10-12-34)29(39)40/h1-6,13-17H,7-12H2,(H,37,38)(H,39,40). The molecule has 1 fully saturated rings. The summed E-state index contributed by atoms with van der Waals surface area (Å²) in [6.45, 7) is 1.02. The summed E-state index contributed by atoms with van der Waals surface area (Å²) >= 11 is 6.27. The van der Waals surface area contributed by atoms with E-state index in [1.54, 1.807) is 35.2 Å². The van der Waals surface area contributed by atoms with Gasteiger partial charge in [-0.25, -0.2) is 4.98 Å². The number of carbonyl (C=O) groups excluding carboxylic acids is 1. The lowest BCUT2D eigenvalue weighted by Crippen LogP contribution is -2.37. The molecule has 41 heavy (non-hydrogen) atoms. The van der Waals surface area contributed by atoms with Crippen molar-refractivity contribution in [1.29, 1.82) is 0 Å². The van der Waals surface area contributed by atoms with Crippen molar-refractivity contribution in [2.75, 3.05) is 18.0 Å². The Morgan fingerprint density at radius 3 is 2.49 bits per heavy atom. The summed E-state index contributed by atoms with van der Waals surface area (Å²) in [4.78, 5) is 47.6. The summed E-state index contributed by atoms with van der Waals surface area (Å²) < 4.78 is 7.32. The molecule has 0 spiro atoms. The third kappa shape index (κ3) is 5.14. The fourth-order valence-electron chi connectivity index (χ4n) is 5.33. The van der Waals surface area contributed by atoms with Crippen LogP contribution in [-0.4, -0.2) is 55.6 Å². The number of furan rings is 1. The van der Waals surface area contributed by atoms with Gasteiger partial charge in [-0.3, -0.25) is 19.0 Å². The summed E-state index contributed by atoms with van der Waals surface area (Å²) in [6.07, 6.45) is 3.77. The number of carboxylic acids is 2. The number of hydrogen-bond acceptors (Lipinski definition) is 7. The number of ketones is 1. The number of piperidine rings is 1. The average molecular weight is 573 g/mol. The van der Waals surface area contributed by atoms with Gasteiger partial charge in [-0.2, -0.15) is 4.98 Å². The number of carbonyl (C=O) groups is 3. The zero-order valence-corrected chi connectivity index (χ0v) is 22.5. The van der Waals surface area contributed by atoms with Crippen molar-refractivity contribution in [3.05, 3.63) is 71.6 Å². The highest BCUT2D eigenvalue weighted by Crippen LogP contribution is 2.34. The van der Waals surface area contributed by atoms with Crippen LogP contribution in [0.1, 0.15) is 36.0 Å². The second-order valence-electron chi connectivity index (χ2n) is 10.0. The molecule has 0 amide bonds. The fraction of sp³-hybridized carbons (Fsp3) is 0.233. The topological polar surface area (TPSA) is 139 Å². The Kier molecular flexibility index (Phi) is 6.92. The minimum Gasteiger partial charge on any atom is -0.481 e. The molecule has 0 saturated carbocycles. The SMILES string of the molecule is O=C(O)CCC(=O)c1cn(-c2nc(N3CCC(C(=O)O)CC3)c3cc(-c4ccco4)ccc3n2)c2ccc(Cl)cc12. The Bertz CT molecular complexity index is 1810. The van der Waals surface area contributed by atoms with Crippen LogP contribution >= 0.6 is 11.6 Å². The van der Waals surface area contributed by atoms with E-state index in [2.05, 4.69) is 4.90 Å². The van der Waals surface area contributed by atoms with Crippen molar-refractivity contribution < 1.29 is 29.0 Å². The van der Waals surface area contributed by atoms with E-state index in [9.17, 15) is 19.5 Å². The molecule has 1 aliphatic heterocycles. The van der Waals surface area contributed by atoms with Crippen LogP contribution in [-0.2, 0) is 9.59 Å². The molecular weight excluding hydrogens is 548 g/mol. The van der Waals surface area contributed by atoms with E-state index in [1.807, 2.05) is 30.3 Å². The van der Waals surface area contributed by atoms with Crippen LogP contribution in [0.3, 0.4) is 0 Å². The second kappa shape index (κ2) is 10.7. The molecule has 208 valence electrons. The van der Waals surface area contributed by atoms with Crippen molar-refractivity contribution in [2.24, 2.45) is 5.92 Å². The number of aliphatic carboxylic acids is 2. The summed E-state index contributed by atoms with van der Waals surface area (Å²) in [7, 11) is 0. The summed E-state index contributed by atoms with van der Waals surface area (Å²) in [6, 6.07) is 14.6. The normalized spacial score (nSPS) is 14.1. The Labute approximate surface area is 238 Å². The fourth-order valence-corrected chi connectivity index (χ4v) is 5.50. The number of aromatic nitrogens is 3. The smallest absolute Gasteiger partial charge is 0.306 e. The molecule has 5 aromatic rings. The second-order valence-corrected chi connectivity index (χ2v) is 10.5. The number of nitrogens with zero attached hydrogens (tertiary/aromatic N) is 4. The van der Waals surface area contributed by atoms with E-state index in [-0.39, 0.29) is 18.6 Å². The van der Waals surface area contributed by atoms with Gasteiger partial charge in [-0.15, -0.1) is 0 Å². The van der Waals surface area contributed by atoms with Gasteiger partial charge in [-0.05, 0) is 61.4 Å². The van der Waals surface area contributed by atoms with Crippen molar-refractivity contribution in [3.8, 4) is 17.3 Å². The van der Waals surface area contributed by atoms with E-state index in [0.29, 0.717) is 70.5 Å². The van der Waals surface area contributed by atoms with Crippen molar-refractivity contribution in [1.82, 2.24) is 14.5 Å². The predicted octanol–water partition coefficient (Wildman–Crippen LogP) is 5.84. The van der Waals surface area contributed by atoms with Crippen LogP contribution in [0.4, 0.5) is 5.82 Å². The molecule has 1 aliphatic rings. The zero-order valence-electron chi connectivity index (χ0n) is 21.8. The number of fused-ring (bicyclic) bond motifs is 2. The molecular formula is C30H25ClN4O6. The molecule has 2 N–H and O–H groups in total. The van der Waals surface area contributed by atoms with Crippen LogP contribution < -0.4 is 4.90 Å². The Hall–Kier alpha value is -4.70. The number of benzene rings is 2. The largest absolute Gasteiger partial charge is 0.481 e. The lowest BCUT2D eigenvalue weighted by molar-refractivity contribution is -0.142. The minimum atomic E-state index is -1.05. The molecule has 0 atom stereocenters. The predicted molar refractivity (Wildman–Crippen MR) is 153 cm³/mol. The molecule has 2 aromatic carbocycles. The Balaban J connectivity index is 1.50. The average Bonchev–Trinajstić information content (AvgIpc) is 3.64. The minimum absolute atomic E-state index is 0.154. The van der Waals surface area contributed by atoms with Gasteiger partial charge in [-0.1, -0.05) is 11.6 Å². The lowest BCUT2D eigenvalue weighted by Gasteiger charge is -2.32. The van der Waals surface area contributed by atoms with E-state index < -0.39 is 17.9 Å². The molecule has 0 radical (unpaired) electrons. The first-order chi connectivity index (χ1) is 19.8. The molecule has 10 nitrogen and oxygen atoms in total. The van der Waals surface area contributed by atoms with E-state index in [0.717, 1.165) is 10.9 Å². The molecule has 0 unspecified atom stereocenters. The third-order valence-electron chi connectivity index (χ3n) is 7.46. The highest BCUT2D eigenvalue weighted by molar-refractivity contribution is 6.31. The molecule has 0 bridgehead atoms. The van der Waals surface area contributed by atoms with Crippen molar-refractivity contribution in [2.45, 2.75) is 25.7 Å². The number of halogens is 1. The molecule has 3 aromatic heterocycles. The van der Waals surface area contributed by atoms with Crippen molar-refractivity contribution >= 4 is 56.9 Å². The number of anilines is 1. The summed E-state index contributed by atoms with van der Waals surface area (Å²) in [5, 5.41) is 20.4. The van der Waals surface area contributed by atoms with Crippen molar-refractivity contribution in [3.63, 3.8) is 0 Å². The number of Topliss-reactive ketones (excluding diaryl/α,β-unsaturated/α-hetero) is 1. The van der Waals surface area contributed by atoms with Gasteiger partial charge in [0, 0.05) is 52.6 Å². The number of carboxylic acid groups (broad SMARTS) is 2. The van der Waals surface area contributed by atoms with Gasteiger partial charge >= 0.3 is 11.9 Å². The van der Waals surface area contributed by atoms with Gasteiger partial charge < -0.3 is 19.5 Å². The van der Waals surface area contributed by atoms with Gasteiger partial charge in [0.2, 0.25) is 5.95 Å². The lowest BCUT2D eigenvalue weighted by atomic mass is 9.97.